The molecular weight excluding hydrogens is 376 g/mol. The van der Waals surface area contributed by atoms with E-state index in [-0.39, 0.29) is 5.41 Å². The van der Waals surface area contributed by atoms with Crippen molar-refractivity contribution in [3.05, 3.63) is 33.4 Å². The van der Waals surface area contributed by atoms with E-state index >= 15 is 0 Å². The lowest BCUT2D eigenvalue weighted by atomic mass is 9.34. The summed E-state index contributed by atoms with van der Waals surface area (Å²) in [6.07, 6.45) is 7.25. The molecule has 0 aliphatic heterocycles. The van der Waals surface area contributed by atoms with Crippen LogP contribution >= 0.6 is 0 Å². The first-order valence-corrected chi connectivity index (χ1v) is 13.0. The van der Waals surface area contributed by atoms with Crippen molar-refractivity contribution in [1.82, 2.24) is 0 Å². The van der Waals surface area contributed by atoms with E-state index in [1.165, 1.54) is 37.7 Å². The van der Waals surface area contributed by atoms with Crippen LogP contribution in [-0.4, -0.2) is 10.7 Å². The molecule has 9 aliphatic rings. The number of hydrogen-bond donors (Lipinski definition) is 1. The van der Waals surface area contributed by atoms with Crippen LogP contribution in [0.5, 0.6) is 0 Å². The molecule has 0 aromatic carbocycles. The van der Waals surface area contributed by atoms with E-state index in [1.54, 1.807) is 27.9 Å². The number of hydrogen-bond acceptors (Lipinski definition) is 1. The van der Waals surface area contributed by atoms with Crippen molar-refractivity contribution in [3.63, 3.8) is 0 Å². The molecule has 1 nitrogen and oxygen atoms in total. The summed E-state index contributed by atoms with van der Waals surface area (Å²) in [6, 6.07) is 0. The summed E-state index contributed by atoms with van der Waals surface area (Å²) < 4.78 is 0. The van der Waals surface area contributed by atoms with Gasteiger partial charge in [-0.3, -0.25) is 0 Å². The summed E-state index contributed by atoms with van der Waals surface area (Å²) in [6.45, 7) is 21.9. The van der Waals surface area contributed by atoms with Crippen LogP contribution in [-0.2, 0) is 0 Å². The van der Waals surface area contributed by atoms with Gasteiger partial charge >= 0.3 is 0 Å². The first-order chi connectivity index (χ1) is 14.2. The van der Waals surface area contributed by atoms with Gasteiger partial charge in [0.05, 0.1) is 5.60 Å². The molecule has 0 amide bonds. The molecule has 0 radical (unpaired) electrons. The molecule has 170 valence electrons. The van der Waals surface area contributed by atoms with Gasteiger partial charge in [0.1, 0.15) is 0 Å². The van der Waals surface area contributed by atoms with Gasteiger partial charge in [-0.25, -0.2) is 0 Å². The lowest BCUT2D eigenvalue weighted by Crippen LogP contribution is -2.67. The molecule has 6 unspecified atom stereocenters. The second-order valence-corrected chi connectivity index (χ2v) is 14.3. The van der Waals surface area contributed by atoms with E-state index in [0.717, 1.165) is 18.3 Å². The average molecular weight is 421 g/mol. The predicted molar refractivity (Wildman–Crippen MR) is 128 cm³/mol. The maximum Gasteiger partial charge on any atom is 0.0958 e. The second kappa shape index (κ2) is 5.45. The van der Waals surface area contributed by atoms with Crippen molar-refractivity contribution >= 4 is 0 Å². The lowest BCUT2D eigenvalue weighted by molar-refractivity contribution is -0.148. The Labute approximate surface area is 190 Å². The highest BCUT2D eigenvalue weighted by atomic mass is 16.3. The first kappa shape index (κ1) is 20.8. The minimum absolute atomic E-state index is 0.0875. The van der Waals surface area contributed by atoms with Crippen molar-refractivity contribution in [1.29, 1.82) is 0 Å². The van der Waals surface area contributed by atoms with Crippen LogP contribution in [0.25, 0.3) is 0 Å². The summed E-state index contributed by atoms with van der Waals surface area (Å²) in [7, 11) is 0. The van der Waals surface area contributed by atoms with Crippen LogP contribution in [0.2, 0.25) is 0 Å². The van der Waals surface area contributed by atoms with Gasteiger partial charge in [-0.1, -0.05) is 69.4 Å². The van der Waals surface area contributed by atoms with E-state index in [4.69, 9.17) is 0 Å². The van der Waals surface area contributed by atoms with Gasteiger partial charge in [-0.05, 0) is 105 Å². The zero-order valence-electron chi connectivity index (χ0n) is 21.5. The third kappa shape index (κ3) is 1.99. The highest BCUT2D eigenvalue weighted by molar-refractivity contribution is 5.51. The van der Waals surface area contributed by atoms with Crippen LogP contribution in [0.3, 0.4) is 0 Å². The number of rotatable bonds is 2. The van der Waals surface area contributed by atoms with Crippen molar-refractivity contribution in [2.45, 2.75) is 106 Å². The van der Waals surface area contributed by atoms with E-state index < -0.39 is 5.60 Å². The minimum Gasteiger partial charge on any atom is -0.385 e. The second-order valence-electron chi connectivity index (χ2n) is 14.3. The Bertz CT molecular complexity index is 997. The summed E-state index contributed by atoms with van der Waals surface area (Å²) in [5, 5.41) is 12.9. The molecule has 6 bridgehead atoms. The monoisotopic (exact) mass is 420 g/mol. The molecule has 0 heterocycles. The first-order valence-electron chi connectivity index (χ1n) is 13.0. The van der Waals surface area contributed by atoms with Crippen molar-refractivity contribution < 1.29 is 5.11 Å². The van der Waals surface area contributed by atoms with Crippen LogP contribution in [0, 0.1) is 45.3 Å². The fraction of sp³-hybridized carbons (Fsp3) is 0.800. The average Bonchev–Trinajstić information content (AvgIpc) is 2.69. The lowest BCUT2D eigenvalue weighted by Gasteiger charge is -2.71. The van der Waals surface area contributed by atoms with E-state index in [0.29, 0.717) is 28.1 Å². The Morgan fingerprint density at radius 2 is 1.13 bits per heavy atom. The summed E-state index contributed by atoms with van der Waals surface area (Å²) >= 11 is 0. The van der Waals surface area contributed by atoms with Crippen LogP contribution in [0.4, 0.5) is 0 Å². The van der Waals surface area contributed by atoms with Gasteiger partial charge in [-0.2, -0.15) is 0 Å². The Hall–Kier alpha value is -0.820. The van der Waals surface area contributed by atoms with Crippen LogP contribution < -0.4 is 0 Å². The Morgan fingerprint density at radius 3 is 1.58 bits per heavy atom. The van der Waals surface area contributed by atoms with Crippen LogP contribution in [0.1, 0.15) is 101 Å². The van der Waals surface area contributed by atoms with Gasteiger partial charge in [0, 0.05) is 5.41 Å². The Kier molecular flexibility index (Phi) is 3.65. The van der Waals surface area contributed by atoms with Crippen molar-refractivity contribution in [2.24, 2.45) is 45.3 Å². The molecule has 0 spiro atoms. The molecule has 6 atom stereocenters. The quantitative estimate of drug-likeness (QED) is 0.456. The van der Waals surface area contributed by atoms with E-state index in [2.05, 4.69) is 62.3 Å². The Balaban J connectivity index is 1.59. The topological polar surface area (TPSA) is 20.2 Å². The maximum atomic E-state index is 12.9. The standard InChI is InChI=1S/C30H44O/c1-16-22-10-19(26(22,4)5)11-23(16)29(14-20-12-24(17(29)2)27(20,6)7)30(31)15-21-13-25(18(30)3)28(21,8)9/h19-21,23,31H,10-15H2,1-9H3. The molecule has 31 heavy (non-hydrogen) atoms. The van der Waals surface area contributed by atoms with Gasteiger partial charge in [-0.15, -0.1) is 0 Å². The molecule has 9 aliphatic carbocycles. The molecule has 3 saturated carbocycles. The zero-order chi connectivity index (χ0) is 22.5. The molecular formula is C30H44O. The maximum absolute atomic E-state index is 12.9. The van der Waals surface area contributed by atoms with Crippen molar-refractivity contribution in [3.8, 4) is 0 Å². The Morgan fingerprint density at radius 1 is 0.645 bits per heavy atom. The largest absolute Gasteiger partial charge is 0.385 e. The molecule has 0 aromatic rings. The third-order valence-corrected chi connectivity index (χ3v) is 12.9. The minimum atomic E-state index is -0.661. The number of aliphatic hydroxyl groups is 1. The molecule has 9 rings (SSSR count). The fourth-order valence-corrected chi connectivity index (χ4v) is 10.1. The number of allylic oxidation sites excluding steroid dienone is 4. The van der Waals surface area contributed by atoms with Gasteiger partial charge < -0.3 is 5.11 Å². The molecule has 1 N–H and O–H groups in total. The third-order valence-electron chi connectivity index (χ3n) is 12.9. The predicted octanol–water partition coefficient (Wildman–Crippen LogP) is 7.62. The molecule has 0 aromatic heterocycles. The normalized spacial score (nSPS) is 48.2. The highest BCUT2D eigenvalue weighted by Gasteiger charge is 2.70. The van der Waals surface area contributed by atoms with Crippen molar-refractivity contribution in [2.75, 3.05) is 0 Å². The summed E-state index contributed by atoms with van der Waals surface area (Å²) in [4.78, 5) is 0. The summed E-state index contributed by atoms with van der Waals surface area (Å²) in [5.74, 6) is 2.68. The smallest absolute Gasteiger partial charge is 0.0958 e. The van der Waals surface area contributed by atoms with Gasteiger partial charge in [0.15, 0.2) is 0 Å². The summed E-state index contributed by atoms with van der Waals surface area (Å²) in [5.41, 5.74) is 9.84. The van der Waals surface area contributed by atoms with Gasteiger partial charge in [0.25, 0.3) is 0 Å². The zero-order valence-corrected chi connectivity index (χ0v) is 21.5. The molecule has 0 saturated heterocycles. The highest BCUT2D eigenvalue weighted by Crippen LogP contribution is 2.76. The fourth-order valence-electron chi connectivity index (χ4n) is 10.1. The number of fused-ring (bicyclic) bond motifs is 8. The SMILES string of the molecule is CC1=C2CC(CC1C1(C3(O)CC4CC(=C3C)C4(C)C)CC3CC(=C1C)C3(C)C)C2(C)C. The molecule has 1 heteroatoms. The van der Waals surface area contributed by atoms with Gasteiger partial charge in [0.2, 0.25) is 0 Å². The van der Waals surface area contributed by atoms with E-state index in [9.17, 15) is 5.11 Å². The van der Waals surface area contributed by atoms with E-state index in [1.807, 2.05) is 0 Å². The molecule has 3 fully saturated rings. The van der Waals surface area contributed by atoms with Crippen LogP contribution in [0.15, 0.2) is 33.4 Å².